The number of rotatable bonds is 3. The van der Waals surface area contributed by atoms with Gasteiger partial charge in [-0.15, -0.1) is 11.3 Å². The molecule has 2 aromatic rings. The molecule has 0 saturated carbocycles. The predicted octanol–water partition coefficient (Wildman–Crippen LogP) is 2.97. The molecule has 1 aromatic heterocycles. The first-order chi connectivity index (χ1) is 9.79. The van der Waals surface area contributed by atoms with Crippen molar-refractivity contribution >= 4 is 27.3 Å². The fourth-order valence-corrected chi connectivity index (χ4v) is 3.88. The topological polar surface area (TPSA) is 32.3 Å². The Hall–Kier alpha value is -1.39. The largest absolute Gasteiger partial charge is 0.339 e. The summed E-state index contributed by atoms with van der Waals surface area (Å²) in [6.45, 7) is 2.83. The van der Waals surface area contributed by atoms with Gasteiger partial charge >= 0.3 is 0 Å². The van der Waals surface area contributed by atoms with Gasteiger partial charge in [0.25, 0.3) is 5.91 Å². The Kier molecular flexibility index (Phi) is 4.03. The summed E-state index contributed by atoms with van der Waals surface area (Å²) < 4.78 is 1.20. The Bertz CT molecular complexity index is 599. The number of amides is 1. The molecule has 1 aliphatic rings. The molecule has 0 bridgehead atoms. The van der Waals surface area contributed by atoms with Gasteiger partial charge in [0.15, 0.2) is 0 Å². The fourth-order valence-electron chi connectivity index (χ4n) is 2.94. The van der Waals surface area contributed by atoms with Gasteiger partial charge in [0.2, 0.25) is 0 Å². The summed E-state index contributed by atoms with van der Waals surface area (Å²) in [5, 5.41) is 6.34. The molecule has 20 heavy (non-hydrogen) atoms. The number of benzene rings is 1. The molecule has 106 valence electrons. The number of likely N-dealkylation sites (tertiary alicyclic amines) is 1. The van der Waals surface area contributed by atoms with Crippen LogP contribution in [0.1, 0.15) is 23.2 Å². The van der Waals surface area contributed by atoms with E-state index in [4.69, 9.17) is 0 Å². The molecule has 0 radical (unpaired) electrons. The molecule has 1 aromatic carbocycles. The zero-order valence-electron chi connectivity index (χ0n) is 11.8. The average molecular weight is 288 g/mol. The zero-order chi connectivity index (χ0) is 13.9. The van der Waals surface area contributed by atoms with Gasteiger partial charge < -0.3 is 10.2 Å². The molecule has 2 heterocycles. The van der Waals surface area contributed by atoms with Crippen LogP contribution in [0.5, 0.6) is 0 Å². The maximum absolute atomic E-state index is 12.7. The molecular weight excluding hydrogens is 268 g/mol. The maximum atomic E-state index is 12.7. The van der Waals surface area contributed by atoms with E-state index in [1.54, 1.807) is 11.3 Å². The van der Waals surface area contributed by atoms with E-state index in [2.05, 4.69) is 11.4 Å². The van der Waals surface area contributed by atoms with Crippen molar-refractivity contribution in [3.63, 3.8) is 0 Å². The first-order valence-corrected chi connectivity index (χ1v) is 8.07. The smallest absolute Gasteiger partial charge is 0.255 e. The average Bonchev–Trinajstić information content (AvgIpc) is 2.92. The van der Waals surface area contributed by atoms with Crippen molar-refractivity contribution in [1.82, 2.24) is 10.2 Å². The summed E-state index contributed by atoms with van der Waals surface area (Å²) in [6, 6.07) is 8.16. The molecule has 3 nitrogen and oxygen atoms in total. The molecule has 0 aliphatic carbocycles. The molecule has 0 atom stereocenters. The fraction of sp³-hybridized carbons (Fsp3) is 0.438. The zero-order valence-corrected chi connectivity index (χ0v) is 12.6. The number of carbonyl (C=O) groups is 1. The molecule has 0 unspecified atom stereocenters. The first kappa shape index (κ1) is 13.6. The van der Waals surface area contributed by atoms with Crippen LogP contribution in [0.25, 0.3) is 10.1 Å². The molecule has 1 N–H and O–H groups in total. The normalized spacial score (nSPS) is 16.8. The van der Waals surface area contributed by atoms with Crippen LogP contribution in [0.4, 0.5) is 0 Å². The van der Waals surface area contributed by atoms with Crippen molar-refractivity contribution in [1.29, 1.82) is 0 Å². The summed E-state index contributed by atoms with van der Waals surface area (Å²) in [6.07, 6.45) is 2.21. The lowest BCUT2D eigenvalue weighted by Gasteiger charge is -2.31. The van der Waals surface area contributed by atoms with Gasteiger partial charge in [0.05, 0.1) is 5.56 Å². The minimum absolute atomic E-state index is 0.199. The Morgan fingerprint density at radius 3 is 2.85 bits per heavy atom. The van der Waals surface area contributed by atoms with E-state index in [0.717, 1.165) is 43.4 Å². The number of nitrogens with zero attached hydrogens (tertiary/aromatic N) is 1. The van der Waals surface area contributed by atoms with Gasteiger partial charge in [0.1, 0.15) is 0 Å². The van der Waals surface area contributed by atoms with Crippen LogP contribution >= 0.6 is 11.3 Å². The summed E-state index contributed by atoms with van der Waals surface area (Å²) in [7, 11) is 2.00. The highest BCUT2D eigenvalue weighted by molar-refractivity contribution is 7.17. The van der Waals surface area contributed by atoms with Gasteiger partial charge in [0, 0.05) is 28.6 Å². The second-order valence-corrected chi connectivity index (χ2v) is 6.35. The molecule has 4 heteroatoms. The van der Waals surface area contributed by atoms with Crippen molar-refractivity contribution in [3.05, 3.63) is 35.2 Å². The van der Waals surface area contributed by atoms with Crippen molar-refractivity contribution in [2.24, 2.45) is 5.92 Å². The van der Waals surface area contributed by atoms with Crippen LogP contribution in [0.15, 0.2) is 29.6 Å². The van der Waals surface area contributed by atoms with Crippen molar-refractivity contribution in [2.45, 2.75) is 12.8 Å². The maximum Gasteiger partial charge on any atom is 0.255 e. The Morgan fingerprint density at radius 1 is 1.35 bits per heavy atom. The predicted molar refractivity (Wildman–Crippen MR) is 84.4 cm³/mol. The highest BCUT2D eigenvalue weighted by Crippen LogP contribution is 2.28. The second kappa shape index (κ2) is 5.94. The lowest BCUT2D eigenvalue weighted by atomic mass is 9.96. The molecule has 0 spiro atoms. The van der Waals surface area contributed by atoms with Gasteiger partial charge in [-0.2, -0.15) is 0 Å². The summed E-state index contributed by atoms with van der Waals surface area (Å²) in [4.78, 5) is 14.7. The highest BCUT2D eigenvalue weighted by Gasteiger charge is 2.24. The summed E-state index contributed by atoms with van der Waals surface area (Å²) in [5.74, 6) is 0.911. The van der Waals surface area contributed by atoms with E-state index < -0.39 is 0 Å². The van der Waals surface area contributed by atoms with E-state index >= 15 is 0 Å². The first-order valence-electron chi connectivity index (χ1n) is 7.19. The third kappa shape index (κ3) is 2.58. The number of thiophene rings is 1. The van der Waals surface area contributed by atoms with E-state index in [-0.39, 0.29) is 5.91 Å². The monoisotopic (exact) mass is 288 g/mol. The lowest BCUT2D eigenvalue weighted by molar-refractivity contribution is 0.0693. The molecule has 3 rings (SSSR count). The van der Waals surface area contributed by atoms with Crippen LogP contribution in [0.3, 0.4) is 0 Å². The van der Waals surface area contributed by atoms with Crippen LogP contribution in [-0.2, 0) is 0 Å². The van der Waals surface area contributed by atoms with E-state index in [9.17, 15) is 4.79 Å². The van der Waals surface area contributed by atoms with E-state index in [1.807, 2.05) is 35.5 Å². The molecule has 1 fully saturated rings. The number of hydrogen-bond donors (Lipinski definition) is 1. The standard InChI is InChI=1S/C16H20N2OS/c1-17-10-12-6-8-18(9-7-12)16(19)14-11-20-15-5-3-2-4-13(14)15/h2-5,11-12,17H,6-10H2,1H3. The SMILES string of the molecule is CNCC1CCN(C(=O)c2csc3ccccc23)CC1. The van der Waals surface area contributed by atoms with Gasteiger partial charge in [-0.05, 0) is 38.4 Å². The van der Waals surface area contributed by atoms with E-state index in [0.29, 0.717) is 5.92 Å². The van der Waals surface area contributed by atoms with Crippen molar-refractivity contribution in [3.8, 4) is 0 Å². The Labute approximate surface area is 123 Å². The van der Waals surface area contributed by atoms with Crippen LogP contribution in [0, 0.1) is 5.92 Å². The lowest BCUT2D eigenvalue weighted by Crippen LogP contribution is -2.40. The van der Waals surface area contributed by atoms with Crippen LogP contribution in [-0.4, -0.2) is 37.5 Å². The molecule has 1 amide bonds. The third-order valence-corrected chi connectivity index (χ3v) is 5.07. The third-order valence-electron chi connectivity index (χ3n) is 4.11. The van der Waals surface area contributed by atoms with Crippen LogP contribution < -0.4 is 5.32 Å². The minimum Gasteiger partial charge on any atom is -0.339 e. The van der Waals surface area contributed by atoms with Gasteiger partial charge in [-0.1, -0.05) is 18.2 Å². The van der Waals surface area contributed by atoms with Gasteiger partial charge in [-0.25, -0.2) is 0 Å². The minimum atomic E-state index is 0.199. The number of carbonyl (C=O) groups excluding carboxylic acids is 1. The summed E-state index contributed by atoms with van der Waals surface area (Å²) in [5.41, 5.74) is 0.873. The van der Waals surface area contributed by atoms with Gasteiger partial charge in [-0.3, -0.25) is 4.79 Å². The second-order valence-electron chi connectivity index (χ2n) is 5.44. The Morgan fingerprint density at radius 2 is 2.10 bits per heavy atom. The quantitative estimate of drug-likeness (QED) is 0.941. The van der Waals surface area contributed by atoms with Crippen LogP contribution in [0.2, 0.25) is 0 Å². The molecule has 1 aliphatic heterocycles. The number of piperidine rings is 1. The highest BCUT2D eigenvalue weighted by atomic mass is 32.1. The number of fused-ring (bicyclic) bond motifs is 1. The van der Waals surface area contributed by atoms with E-state index in [1.165, 1.54) is 4.70 Å². The number of nitrogens with one attached hydrogen (secondary N) is 1. The Balaban J connectivity index is 1.74. The number of hydrogen-bond acceptors (Lipinski definition) is 3. The molecular formula is C16H20N2OS. The molecule has 1 saturated heterocycles. The van der Waals surface area contributed by atoms with Crippen molar-refractivity contribution in [2.75, 3.05) is 26.7 Å². The van der Waals surface area contributed by atoms with Crippen molar-refractivity contribution < 1.29 is 4.79 Å². The summed E-state index contributed by atoms with van der Waals surface area (Å²) >= 11 is 1.66.